The number of aryl methyl sites for hydroxylation is 2. The first-order valence-corrected chi connectivity index (χ1v) is 5.20. The molecule has 1 fully saturated rings. The third kappa shape index (κ3) is 2.65. The van der Waals surface area contributed by atoms with Gasteiger partial charge in [0.15, 0.2) is 6.29 Å². The van der Waals surface area contributed by atoms with Crippen LogP contribution in [0.2, 0.25) is 0 Å². The topological polar surface area (TPSA) is 47.5 Å². The highest BCUT2D eigenvalue weighted by atomic mass is 35.5. The number of nitrogens with one attached hydrogen (secondary N) is 2. The Balaban J connectivity index is 0.00000128. The lowest BCUT2D eigenvalue weighted by Crippen LogP contribution is -2.47. The summed E-state index contributed by atoms with van der Waals surface area (Å²) in [6.45, 7) is 5.87. The maximum Gasteiger partial charge on any atom is 0.159 e. The molecule has 1 aromatic rings. The Morgan fingerprint density at radius 1 is 1.19 bits per heavy atom. The molecule has 0 spiro atoms. The van der Waals surface area contributed by atoms with Crippen LogP contribution in [0.25, 0.3) is 0 Å². The molecule has 16 heavy (non-hydrogen) atoms. The number of benzene rings is 1. The number of rotatable bonds is 2. The van der Waals surface area contributed by atoms with E-state index in [1.807, 2.05) is 25.1 Å². The molecule has 3 N–H and O–H groups in total. The number of anilines is 1. The second-order valence-corrected chi connectivity index (χ2v) is 3.92. The minimum atomic E-state index is -0.174. The molecule has 0 radical (unpaired) electrons. The highest BCUT2D eigenvalue weighted by Crippen LogP contribution is 2.18. The van der Waals surface area contributed by atoms with Gasteiger partial charge >= 0.3 is 0 Å². The fourth-order valence-corrected chi connectivity index (χ4v) is 1.68. The predicted octanol–water partition coefficient (Wildman–Crippen LogP) is 1.40. The highest BCUT2D eigenvalue weighted by Gasteiger charge is 2.20. The van der Waals surface area contributed by atoms with Crippen molar-refractivity contribution in [2.75, 3.05) is 18.2 Å². The van der Waals surface area contributed by atoms with Gasteiger partial charge in [0.1, 0.15) is 0 Å². The van der Waals surface area contributed by atoms with Crippen LogP contribution in [0.5, 0.6) is 0 Å². The molecule has 0 amide bonds. The Labute approximate surface area is 102 Å². The van der Waals surface area contributed by atoms with E-state index in [9.17, 15) is 5.21 Å². The maximum atomic E-state index is 9.94. The lowest BCUT2D eigenvalue weighted by atomic mass is 10.1. The van der Waals surface area contributed by atoms with Gasteiger partial charge in [0, 0.05) is 13.1 Å². The van der Waals surface area contributed by atoms with Gasteiger partial charge in [-0.2, -0.15) is 0 Å². The Hall–Kier alpha value is -0.810. The molecule has 1 saturated heterocycles. The van der Waals surface area contributed by atoms with E-state index < -0.39 is 0 Å². The molecule has 90 valence electrons. The van der Waals surface area contributed by atoms with Crippen molar-refractivity contribution < 1.29 is 5.21 Å². The van der Waals surface area contributed by atoms with E-state index in [-0.39, 0.29) is 18.7 Å². The maximum absolute atomic E-state index is 9.94. The molecule has 0 atom stereocenters. The summed E-state index contributed by atoms with van der Waals surface area (Å²) in [4.78, 5) is 0. The Kier molecular flexibility index (Phi) is 4.56. The van der Waals surface area contributed by atoms with E-state index in [2.05, 4.69) is 17.6 Å². The van der Waals surface area contributed by atoms with Crippen molar-refractivity contribution in [3.63, 3.8) is 0 Å². The van der Waals surface area contributed by atoms with Crippen molar-refractivity contribution in [2.24, 2.45) is 0 Å². The van der Waals surface area contributed by atoms with Crippen LogP contribution in [0.1, 0.15) is 11.1 Å². The Morgan fingerprint density at radius 3 is 2.38 bits per heavy atom. The van der Waals surface area contributed by atoms with Crippen LogP contribution < -0.4 is 15.7 Å². The van der Waals surface area contributed by atoms with Crippen molar-refractivity contribution >= 4 is 18.1 Å². The second-order valence-electron chi connectivity index (χ2n) is 3.92. The zero-order chi connectivity index (χ0) is 10.8. The third-order valence-corrected chi connectivity index (χ3v) is 2.80. The summed E-state index contributed by atoms with van der Waals surface area (Å²) >= 11 is 0. The van der Waals surface area contributed by atoms with Crippen molar-refractivity contribution in [3.8, 4) is 0 Å². The largest absolute Gasteiger partial charge is 0.286 e. The summed E-state index contributed by atoms with van der Waals surface area (Å²) < 4.78 is 0. The van der Waals surface area contributed by atoms with Gasteiger partial charge in [0.2, 0.25) is 0 Å². The van der Waals surface area contributed by atoms with Gasteiger partial charge in [-0.15, -0.1) is 12.4 Å². The number of nitrogens with zero attached hydrogens (tertiary/aromatic N) is 1. The van der Waals surface area contributed by atoms with Gasteiger partial charge in [-0.3, -0.25) is 15.8 Å². The molecule has 5 heteroatoms. The molecular formula is C11H18ClN3O. The lowest BCUT2D eigenvalue weighted by molar-refractivity contribution is 0.196. The van der Waals surface area contributed by atoms with E-state index in [0.717, 1.165) is 18.8 Å². The normalized spacial score (nSPS) is 15.9. The minimum Gasteiger partial charge on any atom is -0.286 e. The average Bonchev–Trinajstić information content (AvgIpc) is 2.74. The predicted molar refractivity (Wildman–Crippen MR) is 67.2 cm³/mol. The smallest absolute Gasteiger partial charge is 0.159 e. The van der Waals surface area contributed by atoms with Crippen molar-refractivity contribution in [3.05, 3.63) is 29.3 Å². The number of hydrogen-bond donors (Lipinski definition) is 3. The SMILES string of the molecule is Cc1ccc(N(O)C2NCCN2)cc1C.Cl. The van der Waals surface area contributed by atoms with E-state index >= 15 is 0 Å². The van der Waals surface area contributed by atoms with Crippen LogP contribution in [0, 0.1) is 13.8 Å². The Morgan fingerprint density at radius 2 is 1.81 bits per heavy atom. The van der Waals surface area contributed by atoms with E-state index in [1.165, 1.54) is 16.2 Å². The monoisotopic (exact) mass is 243 g/mol. The van der Waals surface area contributed by atoms with Crippen LogP contribution >= 0.6 is 12.4 Å². The van der Waals surface area contributed by atoms with Crippen LogP contribution in [0.3, 0.4) is 0 Å². The fraction of sp³-hybridized carbons (Fsp3) is 0.455. The standard InChI is InChI=1S/C11H17N3O.ClH/c1-8-3-4-10(7-9(8)2)14(15)11-12-5-6-13-11;/h3-4,7,11-13,15H,5-6H2,1-2H3;1H. The molecular weight excluding hydrogens is 226 g/mol. The summed E-state index contributed by atoms with van der Waals surface area (Å²) in [5.74, 6) is 0. The minimum absolute atomic E-state index is 0. The molecule has 0 aliphatic carbocycles. The van der Waals surface area contributed by atoms with Crippen LogP contribution in [0.4, 0.5) is 5.69 Å². The van der Waals surface area contributed by atoms with E-state index in [0.29, 0.717) is 0 Å². The second kappa shape index (κ2) is 5.50. The molecule has 0 bridgehead atoms. The summed E-state index contributed by atoms with van der Waals surface area (Å²) in [6.07, 6.45) is -0.174. The quantitative estimate of drug-likeness (QED) is 0.688. The van der Waals surface area contributed by atoms with Crippen molar-refractivity contribution in [2.45, 2.75) is 20.1 Å². The molecule has 1 aromatic carbocycles. The molecule has 1 aliphatic rings. The van der Waals surface area contributed by atoms with Crippen molar-refractivity contribution in [1.29, 1.82) is 0 Å². The van der Waals surface area contributed by atoms with E-state index in [4.69, 9.17) is 0 Å². The van der Waals surface area contributed by atoms with Gasteiger partial charge in [0.25, 0.3) is 0 Å². The molecule has 1 heterocycles. The lowest BCUT2D eigenvalue weighted by Gasteiger charge is -2.24. The Bertz CT molecular complexity index is 353. The van der Waals surface area contributed by atoms with Crippen LogP contribution in [0.15, 0.2) is 18.2 Å². The summed E-state index contributed by atoms with van der Waals surface area (Å²) in [7, 11) is 0. The molecule has 2 rings (SSSR count). The van der Waals surface area contributed by atoms with E-state index in [1.54, 1.807) is 0 Å². The highest BCUT2D eigenvalue weighted by molar-refractivity contribution is 5.85. The van der Waals surface area contributed by atoms with Crippen LogP contribution in [-0.2, 0) is 0 Å². The average molecular weight is 244 g/mol. The molecule has 0 saturated carbocycles. The summed E-state index contributed by atoms with van der Waals surface area (Å²) in [5.41, 5.74) is 3.23. The van der Waals surface area contributed by atoms with Gasteiger partial charge in [-0.25, -0.2) is 5.06 Å². The number of hydrogen-bond acceptors (Lipinski definition) is 4. The first-order valence-electron chi connectivity index (χ1n) is 5.20. The number of halogens is 1. The zero-order valence-corrected chi connectivity index (χ0v) is 10.3. The van der Waals surface area contributed by atoms with Gasteiger partial charge in [0.05, 0.1) is 5.69 Å². The first-order chi connectivity index (χ1) is 7.18. The number of hydroxylamine groups is 1. The third-order valence-electron chi connectivity index (χ3n) is 2.80. The van der Waals surface area contributed by atoms with Gasteiger partial charge in [-0.1, -0.05) is 6.07 Å². The molecule has 1 aliphatic heterocycles. The summed E-state index contributed by atoms with van der Waals surface area (Å²) in [5, 5.41) is 17.5. The van der Waals surface area contributed by atoms with Crippen molar-refractivity contribution in [1.82, 2.24) is 10.6 Å². The zero-order valence-electron chi connectivity index (χ0n) is 9.53. The molecule has 0 aromatic heterocycles. The fourth-order valence-electron chi connectivity index (χ4n) is 1.68. The summed E-state index contributed by atoms with van der Waals surface area (Å²) in [6, 6.07) is 5.92. The van der Waals surface area contributed by atoms with Crippen LogP contribution in [-0.4, -0.2) is 24.6 Å². The van der Waals surface area contributed by atoms with Gasteiger partial charge in [-0.05, 0) is 37.1 Å². The molecule has 0 unspecified atom stereocenters. The molecule has 4 nitrogen and oxygen atoms in total. The first kappa shape index (κ1) is 13.3. The van der Waals surface area contributed by atoms with Gasteiger partial charge < -0.3 is 0 Å².